The molecule has 1 aliphatic carbocycles. The van der Waals surface area contributed by atoms with E-state index in [-0.39, 0.29) is 13.2 Å². The molecule has 10 heteroatoms. The molecule has 5 N–H and O–H groups in total. The summed E-state index contributed by atoms with van der Waals surface area (Å²) in [6.07, 6.45) is -5.45. The number of ketones is 2. The average molecular weight is 503 g/mol. The second-order valence-corrected chi connectivity index (χ2v) is 9.29. The van der Waals surface area contributed by atoms with Crippen molar-refractivity contribution in [1.29, 1.82) is 0 Å². The van der Waals surface area contributed by atoms with E-state index in [1.807, 2.05) is 0 Å². The third-order valence-electron chi connectivity index (χ3n) is 7.23. The number of fused-ring (bicyclic) bond motifs is 1. The van der Waals surface area contributed by atoms with Gasteiger partial charge in [-0.2, -0.15) is 0 Å². The van der Waals surface area contributed by atoms with Crippen LogP contribution in [-0.4, -0.2) is 85.6 Å². The van der Waals surface area contributed by atoms with Crippen LogP contribution in [0.5, 0.6) is 0 Å². The fourth-order valence-corrected chi connectivity index (χ4v) is 5.03. The SMILES string of the molecule is CC1C(O)[C@H]2O[C@@H](O)[C@@](O)(C(=O)COCc3ccccc3)[C@](O)(C(=O)COCc3ccccc3)[C@@]12O. The number of aliphatic hydroxyl groups excluding tert-OH is 2. The van der Waals surface area contributed by atoms with Crippen LogP contribution in [0, 0.1) is 5.92 Å². The van der Waals surface area contributed by atoms with E-state index in [1.54, 1.807) is 60.7 Å². The maximum atomic E-state index is 13.4. The summed E-state index contributed by atoms with van der Waals surface area (Å²) in [6.45, 7) is -0.370. The second kappa shape index (κ2) is 10.1. The first kappa shape index (κ1) is 26.5. The van der Waals surface area contributed by atoms with Crippen LogP contribution < -0.4 is 0 Å². The van der Waals surface area contributed by atoms with Crippen LogP contribution in [0.15, 0.2) is 60.7 Å². The van der Waals surface area contributed by atoms with Crippen molar-refractivity contribution in [3.63, 3.8) is 0 Å². The van der Waals surface area contributed by atoms with Crippen molar-refractivity contribution in [2.45, 2.75) is 55.4 Å². The molecule has 0 radical (unpaired) electrons. The number of hydrogen-bond donors (Lipinski definition) is 5. The lowest BCUT2D eigenvalue weighted by atomic mass is 9.49. The third-order valence-corrected chi connectivity index (χ3v) is 7.23. The number of rotatable bonds is 10. The molecule has 1 saturated carbocycles. The zero-order chi connectivity index (χ0) is 26.1. The van der Waals surface area contributed by atoms with E-state index < -0.39 is 66.0 Å². The second-order valence-electron chi connectivity index (χ2n) is 9.29. The molecular formula is C26H30O10. The minimum Gasteiger partial charge on any atom is -0.390 e. The number of aliphatic hydroxyl groups is 5. The highest BCUT2D eigenvalue weighted by molar-refractivity contribution is 6.02. The summed E-state index contributed by atoms with van der Waals surface area (Å²) in [4.78, 5) is 26.6. The fourth-order valence-electron chi connectivity index (χ4n) is 5.03. The quantitative estimate of drug-likeness (QED) is 0.286. The summed E-state index contributed by atoms with van der Waals surface area (Å²) in [5.74, 6) is -3.74. The Morgan fingerprint density at radius 2 is 1.31 bits per heavy atom. The molecular weight excluding hydrogens is 472 g/mol. The van der Waals surface area contributed by atoms with E-state index in [0.29, 0.717) is 11.1 Å². The molecule has 2 fully saturated rings. The molecule has 36 heavy (non-hydrogen) atoms. The predicted octanol–water partition coefficient (Wildman–Crippen LogP) is -0.521. The molecule has 0 spiro atoms. The Labute approximate surface area is 207 Å². The zero-order valence-electron chi connectivity index (χ0n) is 19.7. The first-order chi connectivity index (χ1) is 17.1. The van der Waals surface area contributed by atoms with Crippen molar-refractivity contribution in [2.75, 3.05) is 13.2 Å². The van der Waals surface area contributed by atoms with Gasteiger partial charge in [-0.3, -0.25) is 9.59 Å². The first-order valence-electron chi connectivity index (χ1n) is 11.6. The Hall–Kier alpha value is -2.54. The molecule has 7 atom stereocenters. The lowest BCUT2D eigenvalue weighted by Crippen LogP contribution is -2.92. The minimum atomic E-state index is -3.31. The Balaban J connectivity index is 1.58. The summed E-state index contributed by atoms with van der Waals surface area (Å²) >= 11 is 0. The molecule has 0 aromatic heterocycles. The highest BCUT2D eigenvalue weighted by Gasteiger charge is 2.84. The van der Waals surface area contributed by atoms with E-state index >= 15 is 0 Å². The van der Waals surface area contributed by atoms with Gasteiger partial charge in [0, 0.05) is 5.92 Å². The van der Waals surface area contributed by atoms with Gasteiger partial charge in [0.2, 0.25) is 5.60 Å². The molecule has 4 rings (SSSR count). The van der Waals surface area contributed by atoms with Gasteiger partial charge < -0.3 is 39.7 Å². The lowest BCUT2D eigenvalue weighted by molar-refractivity contribution is -0.429. The Kier molecular flexibility index (Phi) is 7.42. The minimum absolute atomic E-state index is 0.0334. The van der Waals surface area contributed by atoms with Crippen molar-refractivity contribution < 1.29 is 49.3 Å². The Bertz CT molecular complexity index is 1080. The molecule has 2 aliphatic rings. The average Bonchev–Trinajstić information content (AvgIpc) is 2.90. The van der Waals surface area contributed by atoms with Crippen LogP contribution in [0.2, 0.25) is 0 Å². The van der Waals surface area contributed by atoms with Gasteiger partial charge in [0.05, 0.1) is 19.3 Å². The van der Waals surface area contributed by atoms with Gasteiger partial charge in [0.15, 0.2) is 23.5 Å². The topological polar surface area (TPSA) is 163 Å². The number of benzene rings is 2. The molecule has 10 nitrogen and oxygen atoms in total. The summed E-state index contributed by atoms with van der Waals surface area (Å²) in [5.41, 5.74) is -7.74. The Morgan fingerprint density at radius 1 is 0.833 bits per heavy atom. The van der Waals surface area contributed by atoms with Crippen LogP contribution in [-0.2, 0) is 37.0 Å². The monoisotopic (exact) mass is 502 g/mol. The molecule has 1 saturated heterocycles. The lowest BCUT2D eigenvalue weighted by Gasteiger charge is -2.67. The van der Waals surface area contributed by atoms with Gasteiger partial charge in [0.1, 0.15) is 24.9 Å². The van der Waals surface area contributed by atoms with E-state index in [1.165, 1.54) is 6.92 Å². The van der Waals surface area contributed by atoms with Crippen molar-refractivity contribution >= 4 is 11.6 Å². The molecule has 2 unspecified atom stereocenters. The zero-order valence-corrected chi connectivity index (χ0v) is 19.7. The summed E-state index contributed by atoms with van der Waals surface area (Å²) < 4.78 is 15.9. The summed E-state index contributed by atoms with van der Waals surface area (Å²) in [5, 5.41) is 55.4. The third kappa shape index (κ3) is 4.00. The van der Waals surface area contributed by atoms with Gasteiger partial charge in [-0.05, 0) is 11.1 Å². The van der Waals surface area contributed by atoms with Crippen LogP contribution in [0.25, 0.3) is 0 Å². The highest BCUT2D eigenvalue weighted by atomic mass is 16.7. The smallest absolute Gasteiger partial charge is 0.215 e. The maximum Gasteiger partial charge on any atom is 0.215 e. The van der Waals surface area contributed by atoms with Crippen LogP contribution in [0.4, 0.5) is 0 Å². The van der Waals surface area contributed by atoms with Gasteiger partial charge in [-0.1, -0.05) is 67.6 Å². The molecule has 0 bridgehead atoms. The van der Waals surface area contributed by atoms with Crippen molar-refractivity contribution in [2.24, 2.45) is 5.92 Å². The van der Waals surface area contributed by atoms with E-state index in [2.05, 4.69) is 0 Å². The molecule has 194 valence electrons. The highest BCUT2D eigenvalue weighted by Crippen LogP contribution is 2.56. The van der Waals surface area contributed by atoms with Crippen LogP contribution >= 0.6 is 0 Å². The maximum absolute atomic E-state index is 13.4. The standard InChI is InChI=1S/C26H30O10/c1-16-21(29)22-24(16,31)26(33,20(28)15-35-13-18-10-6-3-7-11-18)25(32,23(30)36-22)19(27)14-34-12-17-8-4-2-5-9-17/h2-11,16,21-23,29-33H,12-15H2,1H3/t16?,21?,22-,23-,24-,25+,26+/m1/s1. The molecule has 0 amide bonds. The van der Waals surface area contributed by atoms with Crippen LogP contribution in [0.3, 0.4) is 0 Å². The van der Waals surface area contributed by atoms with E-state index in [4.69, 9.17) is 14.2 Å². The molecule has 2 aromatic carbocycles. The van der Waals surface area contributed by atoms with Crippen LogP contribution in [0.1, 0.15) is 18.1 Å². The largest absolute Gasteiger partial charge is 0.390 e. The summed E-state index contributed by atoms with van der Waals surface area (Å²) in [6, 6.07) is 17.6. The van der Waals surface area contributed by atoms with Gasteiger partial charge >= 0.3 is 0 Å². The number of Topliss-reactive ketones (excluding diaryl/α,β-unsaturated/α-hetero) is 2. The number of carbonyl (C=O) groups excluding carboxylic acids is 2. The van der Waals surface area contributed by atoms with Gasteiger partial charge in [-0.15, -0.1) is 0 Å². The van der Waals surface area contributed by atoms with Crippen molar-refractivity contribution in [3.05, 3.63) is 71.8 Å². The molecule has 2 aromatic rings. The number of hydrogen-bond acceptors (Lipinski definition) is 10. The predicted molar refractivity (Wildman–Crippen MR) is 123 cm³/mol. The van der Waals surface area contributed by atoms with Crippen molar-refractivity contribution in [1.82, 2.24) is 0 Å². The molecule has 1 aliphatic heterocycles. The normalized spacial score (nSPS) is 35.5. The summed E-state index contributed by atoms with van der Waals surface area (Å²) in [7, 11) is 0. The van der Waals surface area contributed by atoms with E-state index in [9.17, 15) is 35.1 Å². The van der Waals surface area contributed by atoms with Gasteiger partial charge in [0.25, 0.3) is 0 Å². The number of carbonyl (C=O) groups is 2. The van der Waals surface area contributed by atoms with E-state index in [0.717, 1.165) is 0 Å². The molecule has 1 heterocycles. The fraction of sp³-hybridized carbons (Fsp3) is 0.462. The number of ether oxygens (including phenoxy) is 3. The van der Waals surface area contributed by atoms with Crippen molar-refractivity contribution in [3.8, 4) is 0 Å². The first-order valence-corrected chi connectivity index (χ1v) is 11.6. The van der Waals surface area contributed by atoms with Gasteiger partial charge in [-0.25, -0.2) is 0 Å². The Morgan fingerprint density at radius 3 is 1.81 bits per heavy atom.